The van der Waals surface area contributed by atoms with Crippen molar-refractivity contribution in [2.24, 2.45) is 0 Å². The van der Waals surface area contributed by atoms with E-state index in [-0.39, 0.29) is 12.1 Å². The predicted molar refractivity (Wildman–Crippen MR) is 101 cm³/mol. The van der Waals surface area contributed by atoms with E-state index in [9.17, 15) is 14.0 Å². The summed E-state index contributed by atoms with van der Waals surface area (Å²) in [6, 6.07) is 11.7. The molecule has 1 aromatic heterocycles. The van der Waals surface area contributed by atoms with Crippen LogP contribution in [0.25, 0.3) is 10.6 Å². The number of nitrogens with one attached hydrogen (secondary N) is 1. The van der Waals surface area contributed by atoms with Gasteiger partial charge in [-0.2, -0.15) is 0 Å². The minimum atomic E-state index is -1.11. The maximum Gasteiger partial charge on any atom is 0.305 e. The van der Waals surface area contributed by atoms with Gasteiger partial charge in [-0.25, -0.2) is 9.37 Å². The lowest BCUT2D eigenvalue weighted by Crippen LogP contribution is -2.30. The van der Waals surface area contributed by atoms with E-state index in [1.807, 2.05) is 0 Å². The third-order valence-electron chi connectivity index (χ3n) is 3.76. The number of carboxylic acid groups (broad SMARTS) is 1. The molecule has 0 radical (unpaired) electrons. The monoisotopic (exact) mass is 404 g/mol. The van der Waals surface area contributed by atoms with Crippen LogP contribution in [0, 0.1) is 5.82 Å². The molecular formula is C19H14ClFN2O3S. The maximum absolute atomic E-state index is 13.5. The van der Waals surface area contributed by atoms with Crippen molar-refractivity contribution in [1.82, 2.24) is 10.3 Å². The Kier molecular flexibility index (Phi) is 5.83. The molecule has 3 aromatic rings. The molecule has 138 valence electrons. The number of nitrogens with zero attached hydrogens (tertiary/aromatic N) is 1. The molecule has 0 aliphatic heterocycles. The summed E-state index contributed by atoms with van der Waals surface area (Å²) < 4.78 is 13.5. The van der Waals surface area contributed by atoms with E-state index in [2.05, 4.69) is 10.3 Å². The molecular weight excluding hydrogens is 391 g/mol. The van der Waals surface area contributed by atoms with Crippen molar-refractivity contribution in [2.45, 2.75) is 12.5 Å². The third-order valence-corrected chi connectivity index (χ3v) is 4.91. The highest BCUT2D eigenvalue weighted by Crippen LogP contribution is 2.26. The van der Waals surface area contributed by atoms with Crippen LogP contribution >= 0.6 is 22.9 Å². The second kappa shape index (κ2) is 8.28. The first-order valence-electron chi connectivity index (χ1n) is 7.92. The van der Waals surface area contributed by atoms with Crippen LogP contribution in [0.5, 0.6) is 0 Å². The van der Waals surface area contributed by atoms with Crippen molar-refractivity contribution in [2.75, 3.05) is 0 Å². The first kappa shape index (κ1) is 19.0. The normalized spacial score (nSPS) is 11.8. The number of aliphatic carboxylic acids is 1. The fourth-order valence-electron chi connectivity index (χ4n) is 2.49. The van der Waals surface area contributed by atoms with Crippen LogP contribution in [0.4, 0.5) is 4.39 Å². The van der Waals surface area contributed by atoms with Crippen molar-refractivity contribution >= 4 is 34.8 Å². The maximum atomic E-state index is 13.5. The summed E-state index contributed by atoms with van der Waals surface area (Å²) in [7, 11) is 0. The van der Waals surface area contributed by atoms with Gasteiger partial charge < -0.3 is 10.4 Å². The van der Waals surface area contributed by atoms with E-state index in [1.54, 1.807) is 35.7 Å². The van der Waals surface area contributed by atoms with Gasteiger partial charge in [0, 0.05) is 16.0 Å². The SMILES string of the molecule is O=C(O)C[C@H](NC(=O)c1csc(-c2ccc(Cl)cc2)n1)c1cccc(F)c1. The number of rotatable bonds is 6. The summed E-state index contributed by atoms with van der Waals surface area (Å²) in [5.74, 6) is -2.14. The first-order valence-corrected chi connectivity index (χ1v) is 9.18. The highest BCUT2D eigenvalue weighted by atomic mass is 35.5. The summed E-state index contributed by atoms with van der Waals surface area (Å²) in [6.45, 7) is 0. The molecule has 27 heavy (non-hydrogen) atoms. The number of benzene rings is 2. The van der Waals surface area contributed by atoms with Gasteiger partial charge in [-0.3, -0.25) is 9.59 Å². The minimum absolute atomic E-state index is 0.164. The van der Waals surface area contributed by atoms with Crippen molar-refractivity contribution in [3.8, 4) is 10.6 Å². The van der Waals surface area contributed by atoms with Crippen molar-refractivity contribution in [3.05, 3.63) is 76.0 Å². The molecule has 3 rings (SSSR count). The molecule has 1 amide bonds. The van der Waals surface area contributed by atoms with E-state index in [4.69, 9.17) is 16.7 Å². The van der Waals surface area contributed by atoms with Gasteiger partial charge >= 0.3 is 5.97 Å². The standard InChI is InChI=1S/C19H14ClFN2O3S/c20-13-6-4-11(5-7-13)19-23-16(10-27-19)18(26)22-15(9-17(24)25)12-2-1-3-14(21)8-12/h1-8,10,15H,9H2,(H,22,26)(H,24,25)/t15-/m0/s1. The molecule has 1 heterocycles. The largest absolute Gasteiger partial charge is 0.481 e. The van der Waals surface area contributed by atoms with E-state index in [1.165, 1.54) is 29.5 Å². The summed E-state index contributed by atoms with van der Waals surface area (Å²) in [5, 5.41) is 14.5. The Morgan fingerprint density at radius 3 is 2.63 bits per heavy atom. The summed E-state index contributed by atoms with van der Waals surface area (Å²) >= 11 is 7.15. The molecule has 8 heteroatoms. The van der Waals surface area contributed by atoms with Crippen LogP contribution < -0.4 is 5.32 Å². The molecule has 0 aliphatic rings. The van der Waals surface area contributed by atoms with E-state index in [0.29, 0.717) is 15.6 Å². The van der Waals surface area contributed by atoms with Crippen molar-refractivity contribution in [3.63, 3.8) is 0 Å². The number of thiazole rings is 1. The number of carboxylic acids is 1. The van der Waals surface area contributed by atoms with Crippen LogP contribution in [-0.2, 0) is 4.79 Å². The van der Waals surface area contributed by atoms with Crippen LogP contribution in [0.15, 0.2) is 53.9 Å². The molecule has 0 aliphatic carbocycles. The number of hydrogen-bond donors (Lipinski definition) is 2. The average Bonchev–Trinajstić information content (AvgIpc) is 3.11. The second-order valence-electron chi connectivity index (χ2n) is 5.72. The average molecular weight is 405 g/mol. The Morgan fingerprint density at radius 1 is 1.22 bits per heavy atom. The van der Waals surface area contributed by atoms with Gasteiger partial charge in [-0.05, 0) is 29.8 Å². The molecule has 0 fully saturated rings. The quantitative estimate of drug-likeness (QED) is 0.631. The molecule has 2 aromatic carbocycles. The first-order chi connectivity index (χ1) is 12.9. The van der Waals surface area contributed by atoms with Gasteiger partial charge in [-0.15, -0.1) is 11.3 Å². The van der Waals surface area contributed by atoms with E-state index >= 15 is 0 Å². The van der Waals surface area contributed by atoms with Crippen LogP contribution in [0.1, 0.15) is 28.5 Å². The smallest absolute Gasteiger partial charge is 0.305 e. The molecule has 0 saturated carbocycles. The number of halogens is 2. The van der Waals surface area contributed by atoms with E-state index in [0.717, 1.165) is 5.56 Å². The molecule has 2 N–H and O–H groups in total. The highest BCUT2D eigenvalue weighted by molar-refractivity contribution is 7.13. The highest BCUT2D eigenvalue weighted by Gasteiger charge is 2.21. The van der Waals surface area contributed by atoms with Gasteiger partial charge in [0.05, 0.1) is 12.5 Å². The third kappa shape index (κ3) is 4.90. The number of aromatic nitrogens is 1. The minimum Gasteiger partial charge on any atom is -0.481 e. The van der Waals surface area contributed by atoms with Gasteiger partial charge in [0.2, 0.25) is 0 Å². The van der Waals surface area contributed by atoms with Crippen LogP contribution in [-0.4, -0.2) is 22.0 Å². The van der Waals surface area contributed by atoms with Crippen LogP contribution in [0.2, 0.25) is 5.02 Å². The lowest BCUT2D eigenvalue weighted by Gasteiger charge is -2.16. The molecule has 0 unspecified atom stereocenters. The summed E-state index contributed by atoms with van der Waals surface area (Å²) in [6.07, 6.45) is -0.372. The molecule has 5 nitrogen and oxygen atoms in total. The summed E-state index contributed by atoms with van der Waals surface area (Å²) in [4.78, 5) is 27.9. The Balaban J connectivity index is 1.79. The Hall–Kier alpha value is -2.77. The Morgan fingerprint density at radius 2 is 1.96 bits per heavy atom. The van der Waals surface area contributed by atoms with Gasteiger partial charge in [0.25, 0.3) is 5.91 Å². The zero-order valence-electron chi connectivity index (χ0n) is 13.9. The molecule has 1 atom stereocenters. The second-order valence-corrected chi connectivity index (χ2v) is 7.02. The van der Waals surface area contributed by atoms with E-state index < -0.39 is 23.7 Å². The zero-order valence-corrected chi connectivity index (χ0v) is 15.4. The van der Waals surface area contributed by atoms with Crippen molar-refractivity contribution < 1.29 is 19.1 Å². The lowest BCUT2D eigenvalue weighted by molar-refractivity contribution is -0.137. The van der Waals surface area contributed by atoms with Gasteiger partial charge in [-0.1, -0.05) is 35.9 Å². The zero-order chi connectivity index (χ0) is 19.4. The lowest BCUT2D eigenvalue weighted by atomic mass is 10.0. The van der Waals surface area contributed by atoms with Gasteiger partial charge in [0.15, 0.2) is 0 Å². The summed E-state index contributed by atoms with van der Waals surface area (Å²) in [5.41, 5.74) is 1.35. The number of hydrogen-bond acceptors (Lipinski definition) is 4. The fraction of sp³-hybridized carbons (Fsp3) is 0.105. The molecule has 0 spiro atoms. The number of carbonyl (C=O) groups excluding carboxylic acids is 1. The molecule has 0 bridgehead atoms. The molecule has 0 saturated heterocycles. The number of carbonyl (C=O) groups is 2. The fourth-order valence-corrected chi connectivity index (χ4v) is 3.42. The van der Waals surface area contributed by atoms with Gasteiger partial charge in [0.1, 0.15) is 16.5 Å². The predicted octanol–water partition coefficient (Wildman–Crippen LogP) is 4.55. The van der Waals surface area contributed by atoms with Crippen LogP contribution in [0.3, 0.4) is 0 Å². The topological polar surface area (TPSA) is 79.3 Å². The Labute approximate surface area is 163 Å². The van der Waals surface area contributed by atoms with Crippen molar-refractivity contribution in [1.29, 1.82) is 0 Å². The Bertz CT molecular complexity index is 975. The number of amides is 1.